The Labute approximate surface area is 128 Å². The van der Waals surface area contributed by atoms with Gasteiger partial charge in [0.05, 0.1) is 11.3 Å². The number of hydrogen-bond donors (Lipinski definition) is 2. The molecule has 114 valence electrons. The van der Waals surface area contributed by atoms with Crippen LogP contribution in [0.2, 0.25) is 5.02 Å². The van der Waals surface area contributed by atoms with Gasteiger partial charge in [-0.05, 0) is 26.0 Å². The van der Waals surface area contributed by atoms with Gasteiger partial charge in [0.2, 0.25) is 0 Å². The van der Waals surface area contributed by atoms with Gasteiger partial charge in [-0.3, -0.25) is 4.79 Å². The SMILES string of the molecule is CC(C)(CS(C)(=O)=O)NC(=O)c1c[nH]c2cc(Cl)ccc12. The summed E-state index contributed by atoms with van der Waals surface area (Å²) in [4.78, 5) is 15.3. The van der Waals surface area contributed by atoms with Crippen LogP contribution in [0, 0.1) is 0 Å². The number of fused-ring (bicyclic) bond motifs is 1. The lowest BCUT2D eigenvalue weighted by molar-refractivity contribution is 0.0922. The highest BCUT2D eigenvalue weighted by molar-refractivity contribution is 7.90. The normalized spacial score (nSPS) is 12.6. The fourth-order valence-electron chi connectivity index (χ4n) is 2.35. The summed E-state index contributed by atoms with van der Waals surface area (Å²) in [6.07, 6.45) is 2.74. The van der Waals surface area contributed by atoms with E-state index in [9.17, 15) is 13.2 Å². The zero-order valence-electron chi connectivity index (χ0n) is 12.0. The molecular formula is C14H17ClN2O3S. The van der Waals surface area contributed by atoms with Crippen molar-refractivity contribution >= 4 is 38.2 Å². The number of benzene rings is 1. The summed E-state index contributed by atoms with van der Waals surface area (Å²) in [5.74, 6) is -0.447. The van der Waals surface area contributed by atoms with Gasteiger partial charge >= 0.3 is 0 Å². The third-order valence-corrected chi connectivity index (χ3v) is 4.44. The van der Waals surface area contributed by atoms with Crippen molar-refractivity contribution in [3.05, 3.63) is 35.0 Å². The number of carbonyl (C=O) groups excluding carboxylic acids is 1. The van der Waals surface area contributed by atoms with Gasteiger partial charge in [-0.1, -0.05) is 17.7 Å². The second kappa shape index (κ2) is 5.35. The second-order valence-corrected chi connectivity index (χ2v) is 8.38. The maximum Gasteiger partial charge on any atom is 0.253 e. The van der Waals surface area contributed by atoms with Gasteiger partial charge in [0.15, 0.2) is 0 Å². The number of sulfone groups is 1. The van der Waals surface area contributed by atoms with Gasteiger partial charge in [-0.15, -0.1) is 0 Å². The van der Waals surface area contributed by atoms with Gasteiger partial charge < -0.3 is 10.3 Å². The standard InChI is InChI=1S/C14H17ClN2O3S/c1-14(2,8-21(3,19)20)17-13(18)11-7-16-12-6-9(15)4-5-10(11)12/h4-7,16H,8H2,1-3H3,(H,17,18). The van der Waals surface area contributed by atoms with Crippen molar-refractivity contribution < 1.29 is 13.2 Å². The number of nitrogens with one attached hydrogen (secondary N) is 2. The molecule has 1 aromatic carbocycles. The molecule has 2 aromatic rings. The van der Waals surface area contributed by atoms with E-state index >= 15 is 0 Å². The molecule has 5 nitrogen and oxygen atoms in total. The Morgan fingerprint density at radius 3 is 2.67 bits per heavy atom. The highest BCUT2D eigenvalue weighted by Crippen LogP contribution is 2.22. The first-order valence-corrected chi connectivity index (χ1v) is 8.78. The third-order valence-electron chi connectivity index (χ3n) is 2.96. The van der Waals surface area contributed by atoms with E-state index in [2.05, 4.69) is 10.3 Å². The molecule has 1 amide bonds. The molecule has 7 heteroatoms. The summed E-state index contributed by atoms with van der Waals surface area (Å²) < 4.78 is 22.8. The number of H-pyrrole nitrogens is 1. The molecule has 1 aromatic heterocycles. The molecule has 2 rings (SSSR count). The first-order valence-electron chi connectivity index (χ1n) is 6.34. The van der Waals surface area contributed by atoms with Crippen molar-refractivity contribution in [3.63, 3.8) is 0 Å². The van der Waals surface area contributed by atoms with Crippen molar-refractivity contribution in [2.45, 2.75) is 19.4 Å². The lowest BCUT2D eigenvalue weighted by Gasteiger charge is -2.25. The summed E-state index contributed by atoms with van der Waals surface area (Å²) in [6.45, 7) is 3.36. The molecule has 0 unspecified atom stereocenters. The highest BCUT2D eigenvalue weighted by atomic mass is 35.5. The predicted octanol–water partition coefficient (Wildman–Crippen LogP) is 2.37. The van der Waals surface area contributed by atoms with Crippen LogP contribution in [0.5, 0.6) is 0 Å². The number of aromatic amines is 1. The molecule has 2 N–H and O–H groups in total. The average Bonchev–Trinajstić information content (AvgIpc) is 2.67. The second-order valence-electron chi connectivity index (χ2n) is 5.80. The largest absolute Gasteiger partial charge is 0.360 e. The maximum absolute atomic E-state index is 12.3. The molecule has 0 bridgehead atoms. The monoisotopic (exact) mass is 328 g/mol. The van der Waals surface area contributed by atoms with Crippen molar-refractivity contribution in [2.24, 2.45) is 0 Å². The number of aromatic nitrogens is 1. The fourth-order valence-corrected chi connectivity index (χ4v) is 3.91. The summed E-state index contributed by atoms with van der Waals surface area (Å²) in [5, 5.41) is 4.07. The lowest BCUT2D eigenvalue weighted by atomic mass is 10.1. The molecule has 0 aliphatic carbocycles. The van der Waals surface area contributed by atoms with Crippen LogP contribution in [0.4, 0.5) is 0 Å². The summed E-state index contributed by atoms with van der Waals surface area (Å²) in [7, 11) is -3.18. The Kier molecular flexibility index (Phi) is 4.04. The molecule has 0 fully saturated rings. The van der Waals surface area contributed by atoms with E-state index < -0.39 is 15.4 Å². The number of halogens is 1. The van der Waals surface area contributed by atoms with E-state index in [1.165, 1.54) is 0 Å². The van der Waals surface area contributed by atoms with E-state index in [0.717, 1.165) is 17.2 Å². The molecule has 0 saturated carbocycles. The summed E-state index contributed by atoms with van der Waals surface area (Å²) in [5.41, 5.74) is 0.373. The quantitative estimate of drug-likeness (QED) is 0.904. The minimum atomic E-state index is -3.18. The molecule has 0 aliphatic heterocycles. The molecule has 1 heterocycles. The summed E-state index contributed by atoms with van der Waals surface area (Å²) in [6, 6.07) is 5.19. The van der Waals surface area contributed by atoms with Crippen LogP contribution in [0.25, 0.3) is 10.9 Å². The first-order chi connectivity index (χ1) is 9.57. The van der Waals surface area contributed by atoms with Gasteiger partial charge in [0.1, 0.15) is 9.84 Å². The summed E-state index contributed by atoms with van der Waals surface area (Å²) >= 11 is 5.90. The van der Waals surface area contributed by atoms with E-state index in [1.54, 1.807) is 38.2 Å². The molecular weight excluding hydrogens is 312 g/mol. The van der Waals surface area contributed by atoms with Crippen molar-refractivity contribution in [2.75, 3.05) is 12.0 Å². The molecule has 0 radical (unpaired) electrons. The Balaban J connectivity index is 2.27. The fraction of sp³-hybridized carbons (Fsp3) is 0.357. The van der Waals surface area contributed by atoms with Crippen molar-refractivity contribution in [3.8, 4) is 0 Å². The smallest absolute Gasteiger partial charge is 0.253 e. The van der Waals surface area contributed by atoms with Crippen LogP contribution in [-0.2, 0) is 9.84 Å². The Morgan fingerprint density at radius 2 is 2.05 bits per heavy atom. The van der Waals surface area contributed by atoms with E-state index in [1.807, 2.05) is 0 Å². The molecule has 0 aliphatic rings. The maximum atomic E-state index is 12.3. The first kappa shape index (κ1) is 15.9. The van der Waals surface area contributed by atoms with E-state index in [4.69, 9.17) is 11.6 Å². The van der Waals surface area contributed by atoms with Crippen LogP contribution in [0.3, 0.4) is 0 Å². The Bertz CT molecular complexity index is 794. The zero-order valence-corrected chi connectivity index (χ0v) is 13.6. The highest BCUT2D eigenvalue weighted by Gasteiger charge is 2.26. The molecule has 0 atom stereocenters. The van der Waals surface area contributed by atoms with E-state index in [-0.39, 0.29) is 11.7 Å². The van der Waals surface area contributed by atoms with E-state index in [0.29, 0.717) is 10.6 Å². The molecule has 21 heavy (non-hydrogen) atoms. The number of amides is 1. The lowest BCUT2D eigenvalue weighted by Crippen LogP contribution is -2.48. The Morgan fingerprint density at radius 1 is 1.38 bits per heavy atom. The third kappa shape index (κ3) is 3.98. The topological polar surface area (TPSA) is 79.0 Å². The van der Waals surface area contributed by atoms with Gasteiger partial charge in [-0.25, -0.2) is 8.42 Å². The van der Waals surface area contributed by atoms with Crippen LogP contribution < -0.4 is 5.32 Å². The molecule has 0 spiro atoms. The van der Waals surface area contributed by atoms with Gasteiger partial charge in [0, 0.05) is 33.9 Å². The number of rotatable bonds is 4. The minimum Gasteiger partial charge on any atom is -0.360 e. The van der Waals surface area contributed by atoms with Crippen molar-refractivity contribution in [1.82, 2.24) is 10.3 Å². The van der Waals surface area contributed by atoms with Gasteiger partial charge in [-0.2, -0.15) is 0 Å². The number of carbonyl (C=O) groups is 1. The van der Waals surface area contributed by atoms with Crippen LogP contribution in [0.15, 0.2) is 24.4 Å². The van der Waals surface area contributed by atoms with Crippen LogP contribution in [-0.4, -0.2) is 36.9 Å². The van der Waals surface area contributed by atoms with Crippen LogP contribution in [0.1, 0.15) is 24.2 Å². The number of hydrogen-bond acceptors (Lipinski definition) is 3. The predicted molar refractivity (Wildman–Crippen MR) is 84.6 cm³/mol. The average molecular weight is 329 g/mol. The minimum absolute atomic E-state index is 0.125. The van der Waals surface area contributed by atoms with Crippen molar-refractivity contribution in [1.29, 1.82) is 0 Å². The zero-order chi connectivity index (χ0) is 15.8. The Hall–Kier alpha value is -1.53. The molecule has 0 saturated heterocycles. The van der Waals surface area contributed by atoms with Gasteiger partial charge in [0.25, 0.3) is 5.91 Å². The van der Waals surface area contributed by atoms with Crippen LogP contribution >= 0.6 is 11.6 Å².